The van der Waals surface area contributed by atoms with E-state index < -0.39 is 0 Å². The lowest BCUT2D eigenvalue weighted by molar-refractivity contribution is 0.673. The van der Waals surface area contributed by atoms with Crippen LogP contribution in [0.2, 0.25) is 0 Å². The van der Waals surface area contributed by atoms with Crippen molar-refractivity contribution >= 4 is 60.0 Å². The van der Waals surface area contributed by atoms with Crippen molar-refractivity contribution in [1.29, 1.82) is 0 Å². The number of nitrogens with zero attached hydrogens (tertiary/aromatic N) is 2. The zero-order valence-corrected chi connectivity index (χ0v) is 23.1. The first-order valence-electron chi connectivity index (χ1n) is 14.1. The quantitative estimate of drug-likeness (QED) is 0.224. The van der Waals surface area contributed by atoms with Crippen molar-refractivity contribution in [3.05, 3.63) is 120 Å². The van der Waals surface area contributed by atoms with E-state index in [-0.39, 0.29) is 0 Å². The van der Waals surface area contributed by atoms with Gasteiger partial charge in [-0.3, -0.25) is 4.98 Å². The fraction of sp³-hybridized carbons (Fsp3) is 0.0789. The van der Waals surface area contributed by atoms with E-state index in [4.69, 9.17) is 4.42 Å². The highest BCUT2D eigenvalue weighted by atomic mass is 16.3. The average molecular weight is 527 g/mol. The van der Waals surface area contributed by atoms with E-state index in [2.05, 4.69) is 109 Å². The highest BCUT2D eigenvalue weighted by Crippen LogP contribution is 2.46. The molecule has 9 aromatic rings. The van der Waals surface area contributed by atoms with Crippen molar-refractivity contribution in [3.63, 3.8) is 0 Å². The Labute approximate surface area is 236 Å². The molecule has 0 aliphatic rings. The predicted octanol–water partition coefficient (Wildman–Crippen LogP) is 10.4. The van der Waals surface area contributed by atoms with Gasteiger partial charge in [0.15, 0.2) is 0 Å². The molecule has 41 heavy (non-hydrogen) atoms. The van der Waals surface area contributed by atoms with E-state index in [0.717, 1.165) is 33.2 Å². The molecule has 0 saturated carbocycles. The Bertz CT molecular complexity index is 2470. The Morgan fingerprint density at radius 1 is 0.610 bits per heavy atom. The van der Waals surface area contributed by atoms with Crippen LogP contribution in [0.4, 0.5) is 0 Å². The van der Waals surface area contributed by atoms with E-state index in [9.17, 15) is 0 Å². The second-order valence-electron chi connectivity index (χ2n) is 11.4. The minimum atomic E-state index is 0.926. The number of para-hydroxylation sites is 1. The van der Waals surface area contributed by atoms with E-state index in [1.807, 2.05) is 24.4 Å². The zero-order valence-electron chi connectivity index (χ0n) is 23.1. The molecule has 0 N–H and O–H groups in total. The molecule has 0 bridgehead atoms. The SMILES string of the molecule is Cc1cc(C)c(-c2cc3c4cc(-c5ccccn5)ccc4n4c5ccc6c7ccccc7oc6c5c(c2)c34)c(C)c1. The van der Waals surface area contributed by atoms with E-state index in [0.29, 0.717) is 0 Å². The maximum Gasteiger partial charge on any atom is 0.145 e. The van der Waals surface area contributed by atoms with Crippen LogP contribution < -0.4 is 0 Å². The molecule has 0 amide bonds. The van der Waals surface area contributed by atoms with Gasteiger partial charge in [-0.1, -0.05) is 48.0 Å². The molecule has 0 saturated heterocycles. The molecule has 0 atom stereocenters. The number of pyridine rings is 1. The first-order valence-corrected chi connectivity index (χ1v) is 14.1. The first-order chi connectivity index (χ1) is 20.1. The lowest BCUT2D eigenvalue weighted by Crippen LogP contribution is -1.90. The molecule has 3 nitrogen and oxygen atoms in total. The van der Waals surface area contributed by atoms with Gasteiger partial charge in [0.2, 0.25) is 0 Å². The van der Waals surface area contributed by atoms with Crippen molar-refractivity contribution in [3.8, 4) is 22.4 Å². The van der Waals surface area contributed by atoms with Gasteiger partial charge in [-0.25, -0.2) is 0 Å². The Balaban J connectivity index is 1.49. The number of fused-ring (bicyclic) bond motifs is 10. The second kappa shape index (κ2) is 7.96. The largest absolute Gasteiger partial charge is 0.455 e. The molecular formula is C38H26N2O. The number of furan rings is 1. The number of rotatable bonds is 2. The van der Waals surface area contributed by atoms with Crippen LogP contribution in [0.5, 0.6) is 0 Å². The van der Waals surface area contributed by atoms with Crippen LogP contribution in [-0.2, 0) is 0 Å². The number of hydrogen-bond donors (Lipinski definition) is 0. The Morgan fingerprint density at radius 2 is 1.37 bits per heavy atom. The van der Waals surface area contributed by atoms with Crippen molar-refractivity contribution < 1.29 is 4.42 Å². The molecule has 4 heterocycles. The molecule has 0 fully saturated rings. The summed E-state index contributed by atoms with van der Waals surface area (Å²) in [6.45, 7) is 6.63. The normalized spacial score (nSPS) is 12.3. The Kier molecular flexibility index (Phi) is 4.39. The summed E-state index contributed by atoms with van der Waals surface area (Å²) >= 11 is 0. The molecule has 9 rings (SSSR count). The number of aryl methyl sites for hydroxylation is 3. The molecule has 0 unspecified atom stereocenters. The molecule has 0 spiro atoms. The van der Waals surface area contributed by atoms with Crippen LogP contribution in [0, 0.1) is 20.8 Å². The van der Waals surface area contributed by atoms with Gasteiger partial charge < -0.3 is 8.82 Å². The Hall–Kier alpha value is -5.15. The summed E-state index contributed by atoms with van der Waals surface area (Å²) in [5.41, 5.74) is 14.0. The average Bonchev–Trinajstić information content (AvgIpc) is 3.63. The number of aromatic nitrogens is 2. The van der Waals surface area contributed by atoms with Gasteiger partial charge >= 0.3 is 0 Å². The van der Waals surface area contributed by atoms with Crippen molar-refractivity contribution in [2.24, 2.45) is 0 Å². The van der Waals surface area contributed by atoms with Crippen molar-refractivity contribution in [2.45, 2.75) is 20.8 Å². The van der Waals surface area contributed by atoms with E-state index >= 15 is 0 Å². The third kappa shape index (κ3) is 3.01. The third-order valence-corrected chi connectivity index (χ3v) is 8.82. The lowest BCUT2D eigenvalue weighted by Gasteiger charge is -2.12. The van der Waals surface area contributed by atoms with Gasteiger partial charge in [0.1, 0.15) is 11.2 Å². The molecule has 0 aliphatic carbocycles. The maximum atomic E-state index is 6.60. The smallest absolute Gasteiger partial charge is 0.145 e. The maximum absolute atomic E-state index is 6.60. The minimum absolute atomic E-state index is 0.926. The summed E-state index contributed by atoms with van der Waals surface area (Å²) < 4.78 is 9.04. The van der Waals surface area contributed by atoms with Crippen LogP contribution in [0.3, 0.4) is 0 Å². The molecular weight excluding hydrogens is 500 g/mol. The van der Waals surface area contributed by atoms with Crippen LogP contribution >= 0.6 is 0 Å². The molecule has 5 aromatic carbocycles. The molecule has 4 aromatic heterocycles. The highest BCUT2D eigenvalue weighted by molar-refractivity contribution is 6.30. The minimum Gasteiger partial charge on any atom is -0.455 e. The lowest BCUT2D eigenvalue weighted by atomic mass is 9.91. The fourth-order valence-corrected chi connectivity index (χ4v) is 7.29. The van der Waals surface area contributed by atoms with E-state index in [1.54, 1.807) is 0 Å². The number of benzene rings is 5. The second-order valence-corrected chi connectivity index (χ2v) is 11.4. The zero-order chi connectivity index (χ0) is 27.4. The molecule has 3 heteroatoms. The summed E-state index contributed by atoms with van der Waals surface area (Å²) in [5, 5.41) is 7.22. The van der Waals surface area contributed by atoms with Crippen LogP contribution in [0.1, 0.15) is 16.7 Å². The van der Waals surface area contributed by atoms with Crippen LogP contribution in [0.25, 0.3) is 82.4 Å². The number of hydrogen-bond acceptors (Lipinski definition) is 2. The molecule has 0 radical (unpaired) electrons. The molecule has 0 aliphatic heterocycles. The van der Waals surface area contributed by atoms with Gasteiger partial charge in [-0.05, 0) is 97.6 Å². The summed E-state index contributed by atoms with van der Waals surface area (Å²) in [6.07, 6.45) is 1.86. The van der Waals surface area contributed by atoms with Gasteiger partial charge in [0.25, 0.3) is 0 Å². The predicted molar refractivity (Wildman–Crippen MR) is 171 cm³/mol. The standard InChI is InChI=1S/C38H26N2O/c1-21-16-22(2)35(23(3)17-21)25-19-29-28-18-24(31-9-6-7-15-39-31)11-13-32(28)40-33-14-12-27-26-8-4-5-10-34(26)41-38(27)36(33)30(20-25)37(29)40/h4-20H,1-3H3. The molecule has 194 valence electrons. The van der Waals surface area contributed by atoms with Gasteiger partial charge in [-0.2, -0.15) is 0 Å². The highest BCUT2D eigenvalue weighted by Gasteiger charge is 2.23. The summed E-state index contributed by atoms with van der Waals surface area (Å²) in [4.78, 5) is 4.64. The fourth-order valence-electron chi connectivity index (χ4n) is 7.29. The van der Waals surface area contributed by atoms with Gasteiger partial charge in [0, 0.05) is 38.7 Å². The van der Waals surface area contributed by atoms with Crippen molar-refractivity contribution in [2.75, 3.05) is 0 Å². The summed E-state index contributed by atoms with van der Waals surface area (Å²) in [5.74, 6) is 0. The van der Waals surface area contributed by atoms with Crippen LogP contribution in [-0.4, -0.2) is 9.38 Å². The first kappa shape index (κ1) is 22.6. The third-order valence-electron chi connectivity index (χ3n) is 8.82. The van der Waals surface area contributed by atoms with E-state index in [1.165, 1.54) is 65.9 Å². The topological polar surface area (TPSA) is 30.4 Å². The van der Waals surface area contributed by atoms with Gasteiger partial charge in [-0.15, -0.1) is 0 Å². The monoisotopic (exact) mass is 526 g/mol. The summed E-state index contributed by atoms with van der Waals surface area (Å²) in [6, 6.07) is 35.1. The summed E-state index contributed by atoms with van der Waals surface area (Å²) in [7, 11) is 0. The van der Waals surface area contributed by atoms with Crippen molar-refractivity contribution in [1.82, 2.24) is 9.38 Å². The van der Waals surface area contributed by atoms with Gasteiger partial charge in [0.05, 0.1) is 27.6 Å². The van der Waals surface area contributed by atoms with Crippen LogP contribution in [0.15, 0.2) is 108 Å². The Morgan fingerprint density at radius 3 is 2.20 bits per heavy atom.